The van der Waals surface area contributed by atoms with Crippen LogP contribution in [-0.2, 0) is 0 Å². The van der Waals surface area contributed by atoms with Crippen molar-refractivity contribution < 1.29 is 10.2 Å². The molecule has 3 N–H and O–H groups in total. The van der Waals surface area contributed by atoms with E-state index in [1.54, 1.807) is 0 Å². The summed E-state index contributed by atoms with van der Waals surface area (Å²) in [7, 11) is 0. The molecule has 0 saturated carbocycles. The number of hydrogen-bond acceptors (Lipinski definition) is 3. The Bertz CT molecular complexity index is 162. The Kier molecular flexibility index (Phi) is 10.9. The van der Waals surface area contributed by atoms with Crippen LogP contribution in [0.1, 0.15) is 45.4 Å². The van der Waals surface area contributed by atoms with Gasteiger partial charge in [0.2, 0.25) is 0 Å². The van der Waals surface area contributed by atoms with Gasteiger partial charge >= 0.3 is 0 Å². The van der Waals surface area contributed by atoms with Gasteiger partial charge in [0.15, 0.2) is 0 Å². The van der Waals surface area contributed by atoms with Crippen LogP contribution in [0.25, 0.3) is 0 Å². The standard InChI is InChI=1S/C13H27NO2/c1-3-5-6-7-8-9-10-14-11-13(16)12(15)4-2/h4,12-16H,2-3,5-11H2,1H3/t12-,13+/m1/s1. The lowest BCUT2D eigenvalue weighted by Crippen LogP contribution is -2.35. The van der Waals surface area contributed by atoms with Crippen LogP contribution >= 0.6 is 0 Å². The van der Waals surface area contributed by atoms with Crippen LogP contribution in [0.4, 0.5) is 0 Å². The second-order valence-corrected chi connectivity index (χ2v) is 4.27. The number of nitrogens with one attached hydrogen (secondary N) is 1. The van der Waals surface area contributed by atoms with Crippen LogP contribution in [0.5, 0.6) is 0 Å². The molecule has 0 aliphatic rings. The topological polar surface area (TPSA) is 52.5 Å². The van der Waals surface area contributed by atoms with Crippen LogP contribution in [0.3, 0.4) is 0 Å². The van der Waals surface area contributed by atoms with Gasteiger partial charge in [-0.15, -0.1) is 6.58 Å². The highest BCUT2D eigenvalue weighted by atomic mass is 16.3. The molecule has 0 radical (unpaired) electrons. The fourth-order valence-electron chi connectivity index (χ4n) is 1.56. The molecule has 0 aromatic carbocycles. The molecule has 0 aliphatic heterocycles. The number of aliphatic hydroxyl groups excluding tert-OH is 2. The predicted octanol–water partition coefficient (Wildman–Crippen LogP) is 1.84. The van der Waals surface area contributed by atoms with Crippen molar-refractivity contribution in [1.82, 2.24) is 5.32 Å². The van der Waals surface area contributed by atoms with Gasteiger partial charge < -0.3 is 15.5 Å². The van der Waals surface area contributed by atoms with Gasteiger partial charge in [-0.05, 0) is 13.0 Å². The Hall–Kier alpha value is -0.380. The highest BCUT2D eigenvalue weighted by Crippen LogP contribution is 2.04. The first kappa shape index (κ1) is 15.6. The lowest BCUT2D eigenvalue weighted by molar-refractivity contribution is 0.0494. The summed E-state index contributed by atoms with van der Waals surface area (Å²) < 4.78 is 0. The first-order chi connectivity index (χ1) is 7.72. The number of rotatable bonds is 11. The molecule has 96 valence electrons. The third-order valence-electron chi connectivity index (χ3n) is 2.70. The van der Waals surface area contributed by atoms with E-state index >= 15 is 0 Å². The van der Waals surface area contributed by atoms with Gasteiger partial charge in [0.05, 0.1) is 12.2 Å². The fraction of sp³-hybridized carbons (Fsp3) is 0.846. The highest BCUT2D eigenvalue weighted by molar-refractivity contribution is 4.85. The van der Waals surface area contributed by atoms with Crippen LogP contribution in [0.2, 0.25) is 0 Å². The van der Waals surface area contributed by atoms with Crippen molar-refractivity contribution in [2.24, 2.45) is 0 Å². The van der Waals surface area contributed by atoms with Crippen molar-refractivity contribution in [3.05, 3.63) is 12.7 Å². The lowest BCUT2D eigenvalue weighted by Gasteiger charge is -2.14. The largest absolute Gasteiger partial charge is 0.389 e. The minimum absolute atomic E-state index is 0.433. The normalized spacial score (nSPS) is 14.7. The molecule has 0 bridgehead atoms. The average Bonchev–Trinajstić information content (AvgIpc) is 2.31. The maximum absolute atomic E-state index is 9.41. The summed E-state index contributed by atoms with van der Waals surface area (Å²) in [6.07, 6.45) is 7.42. The smallest absolute Gasteiger partial charge is 0.0989 e. The van der Waals surface area contributed by atoms with E-state index in [9.17, 15) is 10.2 Å². The molecule has 3 heteroatoms. The third-order valence-corrected chi connectivity index (χ3v) is 2.70. The van der Waals surface area contributed by atoms with Crippen molar-refractivity contribution in [1.29, 1.82) is 0 Å². The molecule has 3 nitrogen and oxygen atoms in total. The molecule has 2 atom stereocenters. The Morgan fingerprint density at radius 2 is 1.75 bits per heavy atom. The summed E-state index contributed by atoms with van der Waals surface area (Å²) in [6.45, 7) is 6.99. The van der Waals surface area contributed by atoms with Gasteiger partial charge in [-0.2, -0.15) is 0 Å². The minimum atomic E-state index is -0.822. The maximum Gasteiger partial charge on any atom is 0.0989 e. The Morgan fingerprint density at radius 1 is 1.12 bits per heavy atom. The summed E-state index contributed by atoms with van der Waals surface area (Å²) >= 11 is 0. The quantitative estimate of drug-likeness (QED) is 0.374. The summed E-state index contributed by atoms with van der Waals surface area (Å²) in [4.78, 5) is 0. The fourth-order valence-corrected chi connectivity index (χ4v) is 1.56. The first-order valence-electron chi connectivity index (χ1n) is 6.41. The molecule has 0 spiro atoms. The summed E-state index contributed by atoms with van der Waals surface area (Å²) in [6, 6.07) is 0. The molecule has 0 amide bonds. The molecule has 0 aromatic heterocycles. The zero-order valence-corrected chi connectivity index (χ0v) is 10.5. The SMILES string of the molecule is C=C[C@@H](O)[C@@H](O)CNCCCCCCCC. The zero-order valence-electron chi connectivity index (χ0n) is 10.5. The molecule has 16 heavy (non-hydrogen) atoms. The Morgan fingerprint density at radius 3 is 2.38 bits per heavy atom. The molecule has 0 aliphatic carbocycles. The summed E-state index contributed by atoms with van der Waals surface area (Å²) in [5, 5.41) is 21.8. The maximum atomic E-state index is 9.41. The first-order valence-corrected chi connectivity index (χ1v) is 6.41. The molecular weight excluding hydrogens is 202 g/mol. The molecule has 0 saturated heterocycles. The molecule has 0 rings (SSSR count). The summed E-state index contributed by atoms with van der Waals surface area (Å²) in [5.74, 6) is 0. The van der Waals surface area contributed by atoms with Crippen molar-refractivity contribution >= 4 is 0 Å². The third kappa shape index (κ3) is 8.89. The van der Waals surface area contributed by atoms with E-state index in [1.165, 1.54) is 38.2 Å². The van der Waals surface area contributed by atoms with E-state index in [2.05, 4.69) is 18.8 Å². The molecule has 0 aromatic rings. The van der Waals surface area contributed by atoms with Gasteiger partial charge in [-0.3, -0.25) is 0 Å². The van der Waals surface area contributed by atoms with Gasteiger partial charge in [0.1, 0.15) is 0 Å². The second kappa shape index (κ2) is 11.1. The van der Waals surface area contributed by atoms with Gasteiger partial charge in [0, 0.05) is 6.54 Å². The Labute approximate surface area is 99.6 Å². The van der Waals surface area contributed by atoms with Crippen LogP contribution in [0, 0.1) is 0 Å². The predicted molar refractivity (Wildman–Crippen MR) is 68.5 cm³/mol. The van der Waals surface area contributed by atoms with Crippen LogP contribution < -0.4 is 5.32 Å². The van der Waals surface area contributed by atoms with Crippen molar-refractivity contribution in [2.75, 3.05) is 13.1 Å². The number of hydrogen-bond donors (Lipinski definition) is 3. The van der Waals surface area contributed by atoms with Gasteiger partial charge in [0.25, 0.3) is 0 Å². The van der Waals surface area contributed by atoms with Crippen molar-refractivity contribution in [2.45, 2.75) is 57.7 Å². The van der Waals surface area contributed by atoms with E-state index in [0.29, 0.717) is 6.54 Å². The number of aliphatic hydroxyl groups is 2. The van der Waals surface area contributed by atoms with E-state index < -0.39 is 12.2 Å². The molecule has 0 fully saturated rings. The van der Waals surface area contributed by atoms with Crippen LogP contribution in [0.15, 0.2) is 12.7 Å². The Balaban J connectivity index is 3.17. The average molecular weight is 229 g/mol. The second-order valence-electron chi connectivity index (χ2n) is 4.27. The monoisotopic (exact) mass is 229 g/mol. The van der Waals surface area contributed by atoms with Crippen molar-refractivity contribution in [3.8, 4) is 0 Å². The van der Waals surface area contributed by atoms with Gasteiger partial charge in [-0.1, -0.05) is 45.1 Å². The van der Waals surface area contributed by atoms with E-state index in [-0.39, 0.29) is 0 Å². The van der Waals surface area contributed by atoms with E-state index in [0.717, 1.165) is 13.0 Å². The van der Waals surface area contributed by atoms with Crippen LogP contribution in [-0.4, -0.2) is 35.5 Å². The summed E-state index contributed by atoms with van der Waals surface area (Å²) in [5.41, 5.74) is 0. The van der Waals surface area contributed by atoms with Gasteiger partial charge in [-0.25, -0.2) is 0 Å². The highest BCUT2D eigenvalue weighted by Gasteiger charge is 2.10. The lowest BCUT2D eigenvalue weighted by atomic mass is 10.1. The van der Waals surface area contributed by atoms with Crippen molar-refractivity contribution in [3.63, 3.8) is 0 Å². The zero-order chi connectivity index (χ0) is 12.2. The minimum Gasteiger partial charge on any atom is -0.389 e. The molecular formula is C13H27NO2. The van der Waals surface area contributed by atoms with E-state index in [1.807, 2.05) is 0 Å². The molecule has 0 unspecified atom stereocenters. The van der Waals surface area contributed by atoms with E-state index in [4.69, 9.17) is 0 Å². The molecule has 0 heterocycles. The number of unbranched alkanes of at least 4 members (excludes halogenated alkanes) is 5.